The van der Waals surface area contributed by atoms with E-state index in [1.165, 1.54) is 32.1 Å². The second-order valence-corrected chi connectivity index (χ2v) is 6.98. The molecule has 1 saturated heterocycles. The number of likely N-dealkylation sites (tertiary alicyclic amines) is 1. The van der Waals surface area contributed by atoms with Gasteiger partial charge in [0.25, 0.3) is 0 Å². The Balaban J connectivity index is 0.00000200. The molecule has 1 atom stereocenters. The standard InChI is InChI=1S/C16H30N2O.ClH/c1-13(2)14-7-6-10-18(14)15(19)11-16(12-17)8-4-3-5-9-16;/h13-14H,3-12,17H2,1-2H3;1H. The van der Waals surface area contributed by atoms with Gasteiger partial charge in [0, 0.05) is 19.0 Å². The Bertz CT molecular complexity index is 314. The summed E-state index contributed by atoms with van der Waals surface area (Å²) in [6.07, 6.45) is 9.14. The number of halogens is 1. The number of hydrogen-bond donors (Lipinski definition) is 1. The fourth-order valence-electron chi connectivity index (χ4n) is 3.97. The minimum absolute atomic E-state index is 0. The van der Waals surface area contributed by atoms with Crippen molar-refractivity contribution in [2.45, 2.75) is 71.3 Å². The minimum atomic E-state index is 0. The molecule has 2 N–H and O–H groups in total. The predicted octanol–water partition coefficient (Wildman–Crippen LogP) is 3.35. The van der Waals surface area contributed by atoms with Gasteiger partial charge in [-0.3, -0.25) is 4.79 Å². The fourth-order valence-corrected chi connectivity index (χ4v) is 3.97. The van der Waals surface area contributed by atoms with Crippen molar-refractivity contribution < 1.29 is 4.79 Å². The van der Waals surface area contributed by atoms with E-state index in [1.807, 2.05) is 0 Å². The average Bonchev–Trinajstić information content (AvgIpc) is 2.89. The maximum Gasteiger partial charge on any atom is 0.223 e. The van der Waals surface area contributed by atoms with Gasteiger partial charge in [-0.05, 0) is 43.6 Å². The summed E-state index contributed by atoms with van der Waals surface area (Å²) in [7, 11) is 0. The molecule has 1 heterocycles. The molecule has 1 aliphatic heterocycles. The first kappa shape index (κ1) is 17.8. The van der Waals surface area contributed by atoms with Crippen LogP contribution in [-0.2, 0) is 4.79 Å². The van der Waals surface area contributed by atoms with E-state index >= 15 is 0 Å². The molecular weight excluding hydrogens is 272 g/mol. The highest BCUT2D eigenvalue weighted by Crippen LogP contribution is 2.39. The van der Waals surface area contributed by atoms with Crippen molar-refractivity contribution in [1.82, 2.24) is 4.90 Å². The summed E-state index contributed by atoms with van der Waals surface area (Å²) >= 11 is 0. The number of carbonyl (C=O) groups is 1. The molecule has 20 heavy (non-hydrogen) atoms. The van der Waals surface area contributed by atoms with Crippen LogP contribution in [-0.4, -0.2) is 29.9 Å². The molecular formula is C16H31ClN2O. The average molecular weight is 303 g/mol. The van der Waals surface area contributed by atoms with E-state index in [0.717, 1.165) is 19.4 Å². The lowest BCUT2D eigenvalue weighted by molar-refractivity contribution is -0.135. The first-order chi connectivity index (χ1) is 9.08. The summed E-state index contributed by atoms with van der Waals surface area (Å²) in [5.41, 5.74) is 6.12. The van der Waals surface area contributed by atoms with Crippen molar-refractivity contribution in [1.29, 1.82) is 0 Å². The van der Waals surface area contributed by atoms with E-state index in [1.54, 1.807) is 0 Å². The minimum Gasteiger partial charge on any atom is -0.339 e. The topological polar surface area (TPSA) is 46.3 Å². The number of carbonyl (C=O) groups excluding carboxylic acids is 1. The molecule has 1 unspecified atom stereocenters. The molecule has 1 aliphatic carbocycles. The maximum absolute atomic E-state index is 12.7. The largest absolute Gasteiger partial charge is 0.339 e. The Morgan fingerprint density at radius 3 is 2.45 bits per heavy atom. The fraction of sp³-hybridized carbons (Fsp3) is 0.938. The Morgan fingerprint density at radius 2 is 1.90 bits per heavy atom. The predicted molar refractivity (Wildman–Crippen MR) is 86.0 cm³/mol. The smallest absolute Gasteiger partial charge is 0.223 e. The number of rotatable bonds is 4. The van der Waals surface area contributed by atoms with Gasteiger partial charge in [-0.25, -0.2) is 0 Å². The van der Waals surface area contributed by atoms with Crippen LogP contribution in [0.3, 0.4) is 0 Å². The molecule has 0 aromatic heterocycles. The molecule has 4 heteroatoms. The molecule has 2 aliphatic rings. The summed E-state index contributed by atoms with van der Waals surface area (Å²) in [5.74, 6) is 0.940. The Labute approximate surface area is 130 Å². The Morgan fingerprint density at radius 1 is 1.25 bits per heavy atom. The molecule has 1 saturated carbocycles. The van der Waals surface area contributed by atoms with Crippen LogP contribution >= 0.6 is 12.4 Å². The van der Waals surface area contributed by atoms with Crippen molar-refractivity contribution in [3.8, 4) is 0 Å². The van der Waals surface area contributed by atoms with Gasteiger partial charge in [-0.1, -0.05) is 33.1 Å². The SMILES string of the molecule is CC(C)C1CCCN1C(=O)CC1(CN)CCCCC1.Cl. The van der Waals surface area contributed by atoms with Crippen molar-refractivity contribution in [2.75, 3.05) is 13.1 Å². The van der Waals surface area contributed by atoms with Crippen LogP contribution in [0.15, 0.2) is 0 Å². The molecule has 3 nitrogen and oxygen atoms in total. The van der Waals surface area contributed by atoms with E-state index in [-0.39, 0.29) is 17.8 Å². The Kier molecular flexibility index (Phi) is 6.80. The molecule has 0 aromatic rings. The van der Waals surface area contributed by atoms with Crippen LogP contribution in [0.5, 0.6) is 0 Å². The second-order valence-electron chi connectivity index (χ2n) is 6.98. The van der Waals surface area contributed by atoms with Crippen molar-refractivity contribution in [2.24, 2.45) is 17.1 Å². The van der Waals surface area contributed by atoms with Gasteiger partial charge >= 0.3 is 0 Å². The van der Waals surface area contributed by atoms with Gasteiger partial charge in [0.2, 0.25) is 5.91 Å². The molecule has 118 valence electrons. The summed E-state index contributed by atoms with van der Waals surface area (Å²) in [6.45, 7) is 6.10. The first-order valence-corrected chi connectivity index (χ1v) is 8.07. The summed E-state index contributed by atoms with van der Waals surface area (Å²) < 4.78 is 0. The Hall–Kier alpha value is -0.280. The zero-order valence-corrected chi connectivity index (χ0v) is 13.9. The molecule has 2 rings (SSSR count). The lowest BCUT2D eigenvalue weighted by atomic mass is 9.71. The molecule has 2 fully saturated rings. The van der Waals surface area contributed by atoms with Crippen molar-refractivity contribution >= 4 is 18.3 Å². The summed E-state index contributed by atoms with van der Waals surface area (Å²) in [5, 5.41) is 0. The van der Waals surface area contributed by atoms with E-state index < -0.39 is 0 Å². The van der Waals surface area contributed by atoms with E-state index in [0.29, 0.717) is 30.8 Å². The van der Waals surface area contributed by atoms with Gasteiger partial charge in [0.05, 0.1) is 0 Å². The zero-order valence-electron chi connectivity index (χ0n) is 13.1. The molecule has 1 amide bonds. The van der Waals surface area contributed by atoms with Gasteiger partial charge < -0.3 is 10.6 Å². The van der Waals surface area contributed by atoms with Crippen LogP contribution < -0.4 is 5.73 Å². The number of amides is 1. The van der Waals surface area contributed by atoms with Gasteiger partial charge in [-0.15, -0.1) is 12.4 Å². The van der Waals surface area contributed by atoms with Crippen molar-refractivity contribution in [3.05, 3.63) is 0 Å². The highest BCUT2D eigenvalue weighted by molar-refractivity contribution is 5.85. The summed E-state index contributed by atoms with van der Waals surface area (Å²) in [4.78, 5) is 14.8. The normalized spacial score (nSPS) is 25.6. The van der Waals surface area contributed by atoms with Gasteiger partial charge in [0.15, 0.2) is 0 Å². The highest BCUT2D eigenvalue weighted by Gasteiger charge is 2.37. The third-order valence-electron chi connectivity index (χ3n) is 5.26. The molecule has 0 radical (unpaired) electrons. The van der Waals surface area contributed by atoms with E-state index in [9.17, 15) is 4.79 Å². The third kappa shape index (κ3) is 3.88. The van der Waals surface area contributed by atoms with Crippen LogP contribution in [0.2, 0.25) is 0 Å². The molecule has 0 aromatic carbocycles. The molecule has 0 bridgehead atoms. The first-order valence-electron chi connectivity index (χ1n) is 8.07. The second kappa shape index (κ2) is 7.65. The van der Waals surface area contributed by atoms with E-state index in [2.05, 4.69) is 18.7 Å². The van der Waals surface area contributed by atoms with Crippen LogP contribution in [0.25, 0.3) is 0 Å². The van der Waals surface area contributed by atoms with Crippen molar-refractivity contribution in [3.63, 3.8) is 0 Å². The highest BCUT2D eigenvalue weighted by atomic mass is 35.5. The van der Waals surface area contributed by atoms with Gasteiger partial charge in [-0.2, -0.15) is 0 Å². The lowest BCUT2D eigenvalue weighted by Gasteiger charge is -2.38. The number of nitrogens with two attached hydrogens (primary N) is 1. The quantitative estimate of drug-likeness (QED) is 0.865. The lowest BCUT2D eigenvalue weighted by Crippen LogP contribution is -2.43. The van der Waals surface area contributed by atoms with Crippen LogP contribution in [0.4, 0.5) is 0 Å². The van der Waals surface area contributed by atoms with Gasteiger partial charge in [0.1, 0.15) is 0 Å². The molecule has 0 spiro atoms. The maximum atomic E-state index is 12.7. The van der Waals surface area contributed by atoms with E-state index in [4.69, 9.17) is 5.73 Å². The van der Waals surface area contributed by atoms with Crippen LogP contribution in [0, 0.1) is 11.3 Å². The monoisotopic (exact) mass is 302 g/mol. The third-order valence-corrected chi connectivity index (χ3v) is 5.26. The summed E-state index contributed by atoms with van der Waals surface area (Å²) in [6, 6.07) is 0.464. The number of hydrogen-bond acceptors (Lipinski definition) is 2. The van der Waals surface area contributed by atoms with Crippen LogP contribution in [0.1, 0.15) is 65.2 Å². The zero-order chi connectivity index (χ0) is 13.9. The number of nitrogens with zero attached hydrogens (tertiary/aromatic N) is 1.